The van der Waals surface area contributed by atoms with Crippen LogP contribution >= 0.6 is 0 Å². The Bertz CT molecular complexity index is 1960. The number of carbonyl (C=O) groups is 2. The van der Waals surface area contributed by atoms with E-state index in [-0.39, 0.29) is 16.8 Å². The molecule has 45 heavy (non-hydrogen) atoms. The van der Waals surface area contributed by atoms with E-state index in [4.69, 9.17) is 14.2 Å². The molecule has 0 fully saturated rings. The number of hydrogen-bond donors (Lipinski definition) is 1. The highest BCUT2D eigenvalue weighted by molar-refractivity contribution is 6.14. The molecule has 0 saturated heterocycles. The van der Waals surface area contributed by atoms with Gasteiger partial charge in [0, 0.05) is 40.7 Å². The van der Waals surface area contributed by atoms with E-state index in [2.05, 4.69) is 10.3 Å². The molecule has 7 nitrogen and oxygen atoms in total. The van der Waals surface area contributed by atoms with E-state index in [9.17, 15) is 22.8 Å². The van der Waals surface area contributed by atoms with Crippen molar-refractivity contribution in [2.24, 2.45) is 0 Å². The van der Waals surface area contributed by atoms with Crippen molar-refractivity contribution in [3.05, 3.63) is 107 Å². The second kappa shape index (κ2) is 12.7. The van der Waals surface area contributed by atoms with Gasteiger partial charge in [-0.1, -0.05) is 35.9 Å². The van der Waals surface area contributed by atoms with Gasteiger partial charge in [-0.25, -0.2) is 0 Å². The minimum Gasteiger partial charge on any atom is -0.493 e. The van der Waals surface area contributed by atoms with Crippen molar-refractivity contribution in [1.29, 1.82) is 0 Å². The van der Waals surface area contributed by atoms with Crippen LogP contribution < -0.4 is 19.5 Å². The number of hydrogen-bond acceptors (Lipinski definition) is 6. The maximum Gasteiger partial charge on any atom is 0.416 e. The molecule has 4 aromatic carbocycles. The van der Waals surface area contributed by atoms with Crippen molar-refractivity contribution in [1.82, 2.24) is 4.98 Å². The number of alkyl halides is 3. The zero-order valence-corrected chi connectivity index (χ0v) is 24.9. The summed E-state index contributed by atoms with van der Waals surface area (Å²) >= 11 is 0. The summed E-state index contributed by atoms with van der Waals surface area (Å²) in [6, 6.07) is 18.9. The molecule has 1 heterocycles. The van der Waals surface area contributed by atoms with E-state index in [0.717, 1.165) is 6.07 Å². The van der Waals surface area contributed by atoms with Gasteiger partial charge in [-0.05, 0) is 67.3 Å². The predicted molar refractivity (Wildman–Crippen MR) is 166 cm³/mol. The molecule has 0 saturated carbocycles. The van der Waals surface area contributed by atoms with E-state index < -0.39 is 29.9 Å². The van der Waals surface area contributed by atoms with E-state index >= 15 is 0 Å². The summed E-state index contributed by atoms with van der Waals surface area (Å²) in [6.07, 6.45) is -2.22. The van der Waals surface area contributed by atoms with Crippen molar-refractivity contribution in [2.75, 3.05) is 19.5 Å². The smallest absolute Gasteiger partial charge is 0.416 e. The number of benzene rings is 4. The van der Waals surface area contributed by atoms with Crippen LogP contribution in [-0.2, 0) is 17.4 Å². The maximum atomic E-state index is 13.9. The Morgan fingerprint density at radius 3 is 2.22 bits per heavy atom. The second-order valence-corrected chi connectivity index (χ2v) is 10.5. The summed E-state index contributed by atoms with van der Waals surface area (Å²) in [5.74, 6) is 0.918. The third-order valence-corrected chi connectivity index (χ3v) is 7.04. The van der Waals surface area contributed by atoms with Gasteiger partial charge >= 0.3 is 6.18 Å². The summed E-state index contributed by atoms with van der Waals surface area (Å²) < 4.78 is 59.0. The molecule has 0 spiro atoms. The zero-order valence-electron chi connectivity index (χ0n) is 24.9. The molecule has 0 aliphatic heterocycles. The number of halogens is 3. The van der Waals surface area contributed by atoms with Crippen molar-refractivity contribution >= 4 is 39.1 Å². The fraction of sp³-hybridized carbons (Fsp3) is 0.171. The van der Waals surface area contributed by atoms with E-state index in [0.29, 0.717) is 50.2 Å². The molecule has 230 valence electrons. The van der Waals surface area contributed by atoms with Gasteiger partial charge in [0.15, 0.2) is 17.3 Å². The number of anilines is 1. The SMILES string of the molecule is COc1cc2nccc(Oc3cccc4c(C(=O)Nc5ccc(CC(=O)C=C(C)C)c(C(F)(F)F)c5)cccc34)c2cc1OC. The molecule has 5 aromatic rings. The number of aromatic nitrogens is 1. The van der Waals surface area contributed by atoms with Crippen LogP contribution in [0.2, 0.25) is 0 Å². The van der Waals surface area contributed by atoms with Gasteiger partial charge in [0.2, 0.25) is 0 Å². The molecule has 1 aromatic heterocycles. The number of ether oxygens (including phenoxy) is 3. The Morgan fingerprint density at radius 2 is 1.51 bits per heavy atom. The Labute approximate surface area is 257 Å². The first-order valence-corrected chi connectivity index (χ1v) is 13.9. The number of allylic oxidation sites excluding steroid dienone is 2. The van der Waals surface area contributed by atoms with Gasteiger partial charge in [0.25, 0.3) is 5.91 Å². The normalized spacial score (nSPS) is 11.3. The quantitative estimate of drug-likeness (QED) is 0.168. The molecule has 0 aliphatic carbocycles. The molecule has 0 unspecified atom stereocenters. The second-order valence-electron chi connectivity index (χ2n) is 10.5. The van der Waals surface area contributed by atoms with Crippen LogP contribution in [0.3, 0.4) is 0 Å². The molecule has 0 aliphatic rings. The molecule has 0 radical (unpaired) electrons. The number of methoxy groups -OCH3 is 2. The molecule has 1 N–H and O–H groups in total. The van der Waals surface area contributed by atoms with Gasteiger partial charge in [-0.15, -0.1) is 0 Å². The standard InChI is InChI=1S/C35H29F3N2O5/c1-20(2)15-23(41)16-21-11-12-22(17-28(21)35(36,37)38)40-34(42)26-9-5-8-25-24(26)7-6-10-30(25)45-31-13-14-39-29-19-33(44-4)32(43-3)18-27(29)31/h5-15,17-19H,16H2,1-4H3,(H,40,42). The average Bonchev–Trinajstić information content (AvgIpc) is 3.00. The molecular formula is C35H29F3N2O5. The van der Waals surface area contributed by atoms with E-state index in [1.54, 1.807) is 74.6 Å². The van der Waals surface area contributed by atoms with Crippen LogP contribution in [0.25, 0.3) is 21.7 Å². The average molecular weight is 615 g/mol. The zero-order chi connectivity index (χ0) is 32.3. The van der Waals surface area contributed by atoms with Crippen molar-refractivity contribution in [2.45, 2.75) is 26.4 Å². The van der Waals surface area contributed by atoms with Crippen LogP contribution in [0, 0.1) is 0 Å². The van der Waals surface area contributed by atoms with E-state index in [1.165, 1.54) is 32.4 Å². The van der Waals surface area contributed by atoms with Gasteiger partial charge in [0.1, 0.15) is 11.5 Å². The lowest BCUT2D eigenvalue weighted by Crippen LogP contribution is -2.16. The lowest BCUT2D eigenvalue weighted by Gasteiger charge is -2.16. The highest BCUT2D eigenvalue weighted by atomic mass is 19.4. The summed E-state index contributed by atoms with van der Waals surface area (Å²) in [5, 5.41) is 4.40. The summed E-state index contributed by atoms with van der Waals surface area (Å²) in [4.78, 5) is 30.0. The highest BCUT2D eigenvalue weighted by Crippen LogP contribution is 2.39. The van der Waals surface area contributed by atoms with Crippen LogP contribution in [0.15, 0.2) is 90.6 Å². The van der Waals surface area contributed by atoms with E-state index in [1.807, 2.05) is 0 Å². The Kier molecular flexibility index (Phi) is 8.76. The number of nitrogens with zero attached hydrogens (tertiary/aromatic N) is 1. The minimum absolute atomic E-state index is 0.0530. The Morgan fingerprint density at radius 1 is 0.822 bits per heavy atom. The van der Waals surface area contributed by atoms with Gasteiger partial charge in [-0.2, -0.15) is 13.2 Å². The lowest BCUT2D eigenvalue weighted by atomic mass is 9.99. The predicted octanol–water partition coefficient (Wildman–Crippen LogP) is 8.55. The van der Waals surface area contributed by atoms with Gasteiger partial charge < -0.3 is 19.5 Å². The first-order chi connectivity index (χ1) is 21.5. The molecule has 0 bridgehead atoms. The number of rotatable bonds is 9. The summed E-state index contributed by atoms with van der Waals surface area (Å²) in [6.45, 7) is 3.39. The summed E-state index contributed by atoms with van der Waals surface area (Å²) in [5.41, 5.74) is 0.341. The van der Waals surface area contributed by atoms with Crippen molar-refractivity contribution in [3.63, 3.8) is 0 Å². The van der Waals surface area contributed by atoms with Crippen molar-refractivity contribution in [3.8, 4) is 23.0 Å². The molecular weight excluding hydrogens is 585 g/mol. The fourth-order valence-electron chi connectivity index (χ4n) is 5.05. The van der Waals surface area contributed by atoms with Crippen LogP contribution in [-0.4, -0.2) is 30.9 Å². The summed E-state index contributed by atoms with van der Waals surface area (Å²) in [7, 11) is 3.07. The van der Waals surface area contributed by atoms with Crippen LogP contribution in [0.1, 0.15) is 35.3 Å². The lowest BCUT2D eigenvalue weighted by molar-refractivity contribution is -0.138. The number of fused-ring (bicyclic) bond motifs is 2. The number of carbonyl (C=O) groups excluding carboxylic acids is 2. The number of ketones is 1. The third-order valence-electron chi connectivity index (χ3n) is 7.04. The molecule has 5 rings (SSSR count). The van der Waals surface area contributed by atoms with Crippen molar-refractivity contribution < 1.29 is 37.0 Å². The van der Waals surface area contributed by atoms with Gasteiger partial charge in [-0.3, -0.25) is 14.6 Å². The number of amides is 1. The maximum absolute atomic E-state index is 13.9. The first-order valence-electron chi connectivity index (χ1n) is 13.9. The Balaban J connectivity index is 1.47. The molecule has 0 atom stereocenters. The van der Waals surface area contributed by atoms with Crippen LogP contribution in [0.5, 0.6) is 23.0 Å². The molecule has 10 heteroatoms. The topological polar surface area (TPSA) is 86.8 Å². The number of nitrogens with one attached hydrogen (secondary N) is 1. The third kappa shape index (κ3) is 6.75. The number of pyridine rings is 1. The van der Waals surface area contributed by atoms with Crippen LogP contribution in [0.4, 0.5) is 18.9 Å². The monoisotopic (exact) mass is 614 g/mol. The highest BCUT2D eigenvalue weighted by Gasteiger charge is 2.34. The Hall–Kier alpha value is -5.38. The fourth-order valence-corrected chi connectivity index (χ4v) is 5.05. The largest absolute Gasteiger partial charge is 0.493 e. The first kappa shape index (κ1) is 31.1. The minimum atomic E-state index is -4.72. The van der Waals surface area contributed by atoms with Gasteiger partial charge in [0.05, 0.1) is 25.3 Å². The molecule has 1 amide bonds.